The average Bonchev–Trinajstić information content (AvgIpc) is 2.46. The van der Waals surface area contributed by atoms with Crippen molar-refractivity contribution in [3.63, 3.8) is 0 Å². The number of nitrogens with zero attached hydrogens (tertiary/aromatic N) is 2. The van der Waals surface area contributed by atoms with Gasteiger partial charge in [0, 0.05) is 31.4 Å². The van der Waals surface area contributed by atoms with Crippen LogP contribution in [0, 0.1) is 0 Å². The number of aliphatic hydroxyl groups is 3. The molecule has 1 rings (SSSR count). The number of carbonyl (C=O) groups is 1. The van der Waals surface area contributed by atoms with Crippen LogP contribution in [0.4, 0.5) is 0 Å². The number of aliphatic hydroxyl groups excluding tert-OH is 3. The Kier molecular flexibility index (Phi) is 6.99. The van der Waals surface area contributed by atoms with Crippen molar-refractivity contribution < 1.29 is 30.3 Å². The number of carboxylic acid groups (broad SMARTS) is 1. The maximum absolute atomic E-state index is 11.7. The molecule has 124 valence electrons. The normalized spacial score (nSPS) is 11.1. The Hall–Kier alpha value is -1.94. The molecule has 0 aliphatic carbocycles. The molecule has 0 saturated carbocycles. The van der Waals surface area contributed by atoms with Gasteiger partial charge in [0.25, 0.3) is 0 Å². The van der Waals surface area contributed by atoms with Gasteiger partial charge in [-0.25, -0.2) is 0 Å². The zero-order chi connectivity index (χ0) is 16.7. The Morgan fingerprint density at radius 3 is 2.23 bits per heavy atom. The van der Waals surface area contributed by atoms with Crippen molar-refractivity contribution in [3.05, 3.63) is 27.7 Å². The summed E-state index contributed by atoms with van der Waals surface area (Å²) >= 11 is 0. The Bertz CT molecular complexity index is 564. The maximum atomic E-state index is 11.7. The first-order valence-electron chi connectivity index (χ1n) is 6.65. The molecule has 9 nitrogen and oxygen atoms in total. The van der Waals surface area contributed by atoms with E-state index in [1.165, 1.54) is 0 Å². The Morgan fingerprint density at radius 1 is 1.18 bits per heavy atom. The Balaban J connectivity index is 3.31. The molecule has 0 amide bonds. The highest BCUT2D eigenvalue weighted by atomic mass is 16.4. The second kappa shape index (κ2) is 8.49. The van der Waals surface area contributed by atoms with Gasteiger partial charge in [0.2, 0.25) is 5.43 Å². The molecule has 0 spiro atoms. The summed E-state index contributed by atoms with van der Waals surface area (Å²) in [6.45, 7) is -1.22. The molecule has 1 heterocycles. The van der Waals surface area contributed by atoms with E-state index in [0.29, 0.717) is 0 Å². The van der Waals surface area contributed by atoms with Crippen molar-refractivity contribution in [3.8, 4) is 5.75 Å². The molecule has 0 aliphatic rings. The summed E-state index contributed by atoms with van der Waals surface area (Å²) < 4.78 is 1.14. The summed E-state index contributed by atoms with van der Waals surface area (Å²) in [4.78, 5) is 24.2. The molecular formula is C13H20N2O7. The summed E-state index contributed by atoms with van der Waals surface area (Å²) in [7, 11) is 0. The first-order valence-corrected chi connectivity index (χ1v) is 6.65. The summed E-state index contributed by atoms with van der Waals surface area (Å²) in [5, 5.41) is 46.2. The van der Waals surface area contributed by atoms with Gasteiger partial charge >= 0.3 is 5.97 Å². The highest BCUT2D eigenvalue weighted by Gasteiger charge is 2.19. The number of carboxylic acids is 1. The van der Waals surface area contributed by atoms with Crippen molar-refractivity contribution in [2.45, 2.75) is 19.7 Å². The summed E-state index contributed by atoms with van der Waals surface area (Å²) in [6.07, 6.45) is 0. The van der Waals surface area contributed by atoms with Crippen LogP contribution in [0.25, 0.3) is 0 Å². The van der Waals surface area contributed by atoms with Crippen LogP contribution < -0.4 is 5.43 Å². The third-order valence-electron chi connectivity index (χ3n) is 3.14. The second-order valence-corrected chi connectivity index (χ2v) is 4.66. The predicted octanol–water partition coefficient (Wildman–Crippen LogP) is -2.08. The topological polar surface area (TPSA) is 143 Å². The van der Waals surface area contributed by atoms with Gasteiger partial charge in [-0.15, -0.1) is 0 Å². The van der Waals surface area contributed by atoms with Crippen LogP contribution in [-0.2, 0) is 24.5 Å². The molecule has 22 heavy (non-hydrogen) atoms. The minimum atomic E-state index is -1.20. The zero-order valence-corrected chi connectivity index (χ0v) is 12.0. The summed E-state index contributed by atoms with van der Waals surface area (Å²) in [5.74, 6) is -1.81. The molecular weight excluding hydrogens is 296 g/mol. The highest BCUT2D eigenvalue weighted by molar-refractivity contribution is 5.67. The lowest BCUT2D eigenvalue weighted by Gasteiger charge is -2.24. The zero-order valence-electron chi connectivity index (χ0n) is 12.0. The van der Waals surface area contributed by atoms with E-state index in [2.05, 4.69) is 0 Å². The van der Waals surface area contributed by atoms with Gasteiger partial charge in [-0.3, -0.25) is 14.5 Å². The van der Waals surface area contributed by atoms with Crippen molar-refractivity contribution in [1.82, 2.24) is 9.47 Å². The highest BCUT2D eigenvalue weighted by Crippen LogP contribution is 2.17. The van der Waals surface area contributed by atoms with E-state index in [1.54, 1.807) is 4.90 Å². The molecule has 0 radical (unpaired) electrons. The standard InChI is InChI=1S/C13H20N2O7/c16-3-1-14(2-4-17)6-10-13(22)11(19)5-9(8-18)15(10)7-12(20)21/h5,16-18,22H,1-4,6-8H2,(H,20,21). The van der Waals surface area contributed by atoms with Gasteiger partial charge in [0.1, 0.15) is 6.54 Å². The van der Waals surface area contributed by atoms with Gasteiger partial charge < -0.3 is 30.1 Å². The smallest absolute Gasteiger partial charge is 0.323 e. The van der Waals surface area contributed by atoms with Gasteiger partial charge in [-0.2, -0.15) is 0 Å². The number of hydrogen-bond donors (Lipinski definition) is 5. The minimum absolute atomic E-state index is 0.0147. The first-order chi connectivity index (χ1) is 10.4. The van der Waals surface area contributed by atoms with Crippen molar-refractivity contribution in [1.29, 1.82) is 0 Å². The maximum Gasteiger partial charge on any atom is 0.323 e. The SMILES string of the molecule is O=C(O)Cn1c(CO)cc(=O)c(O)c1CN(CCO)CCO. The van der Waals surface area contributed by atoms with Crippen LogP contribution in [0.15, 0.2) is 10.9 Å². The van der Waals surface area contributed by atoms with Crippen LogP contribution in [0.5, 0.6) is 5.75 Å². The largest absolute Gasteiger partial charge is 0.503 e. The van der Waals surface area contributed by atoms with E-state index >= 15 is 0 Å². The summed E-state index contributed by atoms with van der Waals surface area (Å²) in [6, 6.07) is 0.976. The van der Waals surface area contributed by atoms with Crippen molar-refractivity contribution in [2.24, 2.45) is 0 Å². The third-order valence-corrected chi connectivity index (χ3v) is 3.14. The van der Waals surface area contributed by atoms with Crippen LogP contribution in [0.3, 0.4) is 0 Å². The number of aliphatic carboxylic acids is 1. The number of hydrogen-bond acceptors (Lipinski definition) is 7. The Morgan fingerprint density at radius 2 is 1.77 bits per heavy atom. The van der Waals surface area contributed by atoms with E-state index in [0.717, 1.165) is 10.6 Å². The third kappa shape index (κ3) is 4.53. The number of rotatable bonds is 9. The monoisotopic (exact) mass is 316 g/mol. The van der Waals surface area contributed by atoms with Crippen molar-refractivity contribution in [2.75, 3.05) is 26.3 Å². The van der Waals surface area contributed by atoms with E-state index in [4.69, 9.17) is 15.3 Å². The quantitative estimate of drug-likeness (QED) is 0.349. The fourth-order valence-electron chi connectivity index (χ4n) is 2.13. The first kappa shape index (κ1) is 18.1. The predicted molar refractivity (Wildman–Crippen MR) is 75.4 cm³/mol. The number of aromatic nitrogens is 1. The molecule has 0 aliphatic heterocycles. The van der Waals surface area contributed by atoms with Gasteiger partial charge in [-0.05, 0) is 0 Å². The lowest BCUT2D eigenvalue weighted by molar-refractivity contribution is -0.137. The number of pyridine rings is 1. The molecule has 0 bridgehead atoms. The fraction of sp³-hybridized carbons (Fsp3) is 0.538. The van der Waals surface area contributed by atoms with Crippen molar-refractivity contribution >= 4 is 5.97 Å². The van der Waals surface area contributed by atoms with Gasteiger partial charge in [0.05, 0.1) is 25.5 Å². The number of aromatic hydroxyl groups is 1. The van der Waals surface area contributed by atoms with E-state index < -0.39 is 30.3 Å². The minimum Gasteiger partial charge on any atom is -0.503 e. The van der Waals surface area contributed by atoms with Crippen LogP contribution in [0.2, 0.25) is 0 Å². The molecule has 0 saturated heterocycles. The molecule has 9 heteroatoms. The van der Waals surface area contributed by atoms with E-state index in [9.17, 15) is 19.8 Å². The van der Waals surface area contributed by atoms with Gasteiger partial charge in [-0.1, -0.05) is 0 Å². The van der Waals surface area contributed by atoms with Crippen LogP contribution in [-0.4, -0.2) is 67.3 Å². The van der Waals surface area contributed by atoms with Crippen LogP contribution >= 0.6 is 0 Å². The molecule has 5 N–H and O–H groups in total. The fourth-order valence-corrected chi connectivity index (χ4v) is 2.13. The van der Waals surface area contributed by atoms with Gasteiger partial charge in [0.15, 0.2) is 5.75 Å². The molecule has 1 aromatic rings. The molecule has 1 aromatic heterocycles. The summed E-state index contributed by atoms with van der Waals surface area (Å²) in [5.41, 5.74) is -0.650. The second-order valence-electron chi connectivity index (χ2n) is 4.66. The lowest BCUT2D eigenvalue weighted by Crippen LogP contribution is -2.32. The molecule has 0 unspecified atom stereocenters. The molecule has 0 atom stereocenters. The Labute approximate surface area is 126 Å². The molecule has 0 aromatic carbocycles. The molecule has 0 fully saturated rings. The van der Waals surface area contributed by atoms with Crippen LogP contribution in [0.1, 0.15) is 11.4 Å². The lowest BCUT2D eigenvalue weighted by atomic mass is 10.2. The average molecular weight is 316 g/mol. The van der Waals surface area contributed by atoms with E-state index in [1.807, 2.05) is 0 Å². The van der Waals surface area contributed by atoms with E-state index in [-0.39, 0.29) is 44.2 Å².